The summed E-state index contributed by atoms with van der Waals surface area (Å²) in [6, 6.07) is 16.9. The Morgan fingerprint density at radius 2 is 1.36 bits per heavy atom. The maximum Gasteiger partial charge on any atom is 0.408 e. The molecule has 8 heteroatoms. The van der Waals surface area contributed by atoms with Crippen LogP contribution in [0.3, 0.4) is 0 Å². The third-order valence-corrected chi connectivity index (χ3v) is 3.75. The van der Waals surface area contributed by atoms with Crippen LogP contribution in [0.25, 0.3) is 0 Å². The predicted octanol–water partition coefficient (Wildman–Crippen LogP) is 2.81. The average molecular weight is 406 g/mol. The van der Waals surface area contributed by atoms with Crippen molar-refractivity contribution in [2.24, 2.45) is 0 Å². The first kappa shape index (κ1) is 21.2. The van der Waals surface area contributed by atoms with Crippen LogP contribution < -0.4 is 5.32 Å². The van der Waals surface area contributed by atoms with E-state index in [2.05, 4.69) is 5.32 Å². The molecule has 0 aliphatic carbocycles. The third-order valence-electron chi connectivity index (χ3n) is 3.53. The molecule has 1 N–H and O–H groups in total. The molecule has 0 saturated carbocycles. The molecule has 1 atom stereocenters. The van der Waals surface area contributed by atoms with Gasteiger partial charge in [0.05, 0.1) is 0 Å². The smallest absolute Gasteiger partial charge is 0.408 e. The standard InChI is InChI=1S/C20H20ClNO6/c21-11-18(23)26-14-17(19(24)27-12-15-7-3-1-4-8-15)22-20(25)28-13-16-9-5-2-6-10-16/h1-10,17H,11-14H2,(H,22,25). The minimum atomic E-state index is -1.22. The summed E-state index contributed by atoms with van der Waals surface area (Å²) in [6.45, 7) is -0.375. The highest BCUT2D eigenvalue weighted by molar-refractivity contribution is 6.26. The number of rotatable bonds is 9. The number of carbonyl (C=O) groups excluding carboxylic acids is 3. The van der Waals surface area contributed by atoms with E-state index in [4.69, 9.17) is 25.8 Å². The summed E-state index contributed by atoms with van der Waals surface area (Å²) in [6.07, 6.45) is -0.840. The zero-order valence-electron chi connectivity index (χ0n) is 15.0. The Morgan fingerprint density at radius 1 is 0.821 bits per heavy atom. The highest BCUT2D eigenvalue weighted by atomic mass is 35.5. The van der Waals surface area contributed by atoms with E-state index in [1.165, 1.54) is 0 Å². The topological polar surface area (TPSA) is 90.9 Å². The van der Waals surface area contributed by atoms with Crippen molar-refractivity contribution in [1.82, 2.24) is 5.32 Å². The van der Waals surface area contributed by atoms with E-state index in [-0.39, 0.29) is 19.1 Å². The lowest BCUT2D eigenvalue weighted by atomic mass is 10.2. The Hall–Kier alpha value is -3.06. The van der Waals surface area contributed by atoms with Crippen molar-refractivity contribution in [1.29, 1.82) is 0 Å². The number of alkyl carbamates (subject to hydrolysis) is 1. The van der Waals surface area contributed by atoms with Gasteiger partial charge in [-0.2, -0.15) is 0 Å². The zero-order valence-corrected chi connectivity index (χ0v) is 15.8. The molecule has 1 amide bonds. The van der Waals surface area contributed by atoms with Crippen LogP contribution in [-0.4, -0.2) is 36.6 Å². The van der Waals surface area contributed by atoms with E-state index in [0.29, 0.717) is 0 Å². The molecule has 0 saturated heterocycles. The summed E-state index contributed by atoms with van der Waals surface area (Å²) in [5.41, 5.74) is 1.56. The summed E-state index contributed by atoms with van der Waals surface area (Å²) >= 11 is 5.38. The van der Waals surface area contributed by atoms with Gasteiger partial charge in [-0.3, -0.25) is 4.79 Å². The summed E-state index contributed by atoms with van der Waals surface area (Å²) in [5.74, 6) is -1.85. The SMILES string of the molecule is O=C(CCl)OCC(NC(=O)OCc1ccccc1)C(=O)OCc1ccccc1. The largest absolute Gasteiger partial charge is 0.462 e. The molecule has 2 aromatic rings. The van der Waals surface area contributed by atoms with Gasteiger partial charge >= 0.3 is 18.0 Å². The number of hydrogen-bond acceptors (Lipinski definition) is 6. The van der Waals surface area contributed by atoms with Gasteiger partial charge in [0.25, 0.3) is 0 Å². The predicted molar refractivity (Wildman–Crippen MR) is 101 cm³/mol. The van der Waals surface area contributed by atoms with Crippen LogP contribution in [-0.2, 0) is 37.0 Å². The van der Waals surface area contributed by atoms with Gasteiger partial charge in [0, 0.05) is 0 Å². The fourth-order valence-corrected chi connectivity index (χ4v) is 2.20. The molecular weight excluding hydrogens is 386 g/mol. The number of halogens is 1. The van der Waals surface area contributed by atoms with Gasteiger partial charge in [0.2, 0.25) is 0 Å². The lowest BCUT2D eigenvalue weighted by Gasteiger charge is -2.17. The number of nitrogens with one attached hydrogen (secondary N) is 1. The second kappa shape index (κ2) is 11.6. The Kier molecular flexibility index (Phi) is 8.81. The lowest BCUT2D eigenvalue weighted by Crippen LogP contribution is -2.45. The zero-order chi connectivity index (χ0) is 20.2. The van der Waals surface area contributed by atoms with Crippen LogP contribution in [0.2, 0.25) is 0 Å². The van der Waals surface area contributed by atoms with E-state index in [1.54, 1.807) is 24.3 Å². The van der Waals surface area contributed by atoms with Gasteiger partial charge in [-0.05, 0) is 11.1 Å². The molecule has 2 rings (SSSR count). The molecule has 0 bridgehead atoms. The van der Waals surface area contributed by atoms with Crippen LogP contribution >= 0.6 is 11.6 Å². The van der Waals surface area contributed by atoms with Crippen molar-refractivity contribution in [2.45, 2.75) is 19.3 Å². The van der Waals surface area contributed by atoms with Crippen LogP contribution in [0.4, 0.5) is 4.79 Å². The normalized spacial score (nSPS) is 11.2. The minimum Gasteiger partial charge on any atom is -0.462 e. The van der Waals surface area contributed by atoms with Crippen molar-refractivity contribution in [2.75, 3.05) is 12.5 Å². The maximum absolute atomic E-state index is 12.3. The number of esters is 2. The number of alkyl halides is 1. The Labute approximate surface area is 167 Å². The van der Waals surface area contributed by atoms with Crippen molar-refractivity contribution < 1.29 is 28.6 Å². The number of hydrogen-bond donors (Lipinski definition) is 1. The fourth-order valence-electron chi connectivity index (χ4n) is 2.12. The quantitative estimate of drug-likeness (QED) is 0.392. The first-order chi connectivity index (χ1) is 13.6. The second-order valence-corrected chi connectivity index (χ2v) is 5.94. The second-order valence-electron chi connectivity index (χ2n) is 5.67. The average Bonchev–Trinajstić information content (AvgIpc) is 2.74. The first-order valence-electron chi connectivity index (χ1n) is 8.48. The van der Waals surface area contributed by atoms with Gasteiger partial charge in [-0.25, -0.2) is 9.59 Å². The maximum atomic E-state index is 12.3. The first-order valence-corrected chi connectivity index (χ1v) is 9.01. The van der Waals surface area contributed by atoms with E-state index < -0.39 is 30.7 Å². The number of carbonyl (C=O) groups is 3. The van der Waals surface area contributed by atoms with Gasteiger partial charge in [0.1, 0.15) is 25.7 Å². The molecule has 28 heavy (non-hydrogen) atoms. The molecule has 148 valence electrons. The van der Waals surface area contributed by atoms with E-state index >= 15 is 0 Å². The summed E-state index contributed by atoms with van der Waals surface area (Å²) in [5, 5.41) is 2.35. The Morgan fingerprint density at radius 3 is 1.89 bits per heavy atom. The monoisotopic (exact) mass is 405 g/mol. The highest BCUT2D eigenvalue weighted by Crippen LogP contribution is 2.04. The van der Waals surface area contributed by atoms with E-state index in [1.807, 2.05) is 36.4 Å². The molecule has 0 fully saturated rings. The molecule has 0 aliphatic heterocycles. The minimum absolute atomic E-state index is 0.0143. The van der Waals surface area contributed by atoms with Crippen LogP contribution in [0.15, 0.2) is 60.7 Å². The van der Waals surface area contributed by atoms with Crippen LogP contribution in [0.5, 0.6) is 0 Å². The molecule has 1 unspecified atom stereocenters. The molecule has 0 radical (unpaired) electrons. The number of benzene rings is 2. The number of ether oxygens (including phenoxy) is 3. The van der Waals surface area contributed by atoms with Crippen molar-refractivity contribution in [3.8, 4) is 0 Å². The van der Waals surface area contributed by atoms with E-state index in [9.17, 15) is 14.4 Å². The summed E-state index contributed by atoms with van der Waals surface area (Å²) < 4.78 is 15.1. The van der Waals surface area contributed by atoms with Gasteiger partial charge < -0.3 is 19.5 Å². The highest BCUT2D eigenvalue weighted by Gasteiger charge is 2.25. The molecule has 0 aliphatic rings. The number of amides is 1. The van der Waals surface area contributed by atoms with Crippen LogP contribution in [0.1, 0.15) is 11.1 Å². The van der Waals surface area contributed by atoms with Crippen LogP contribution in [0, 0.1) is 0 Å². The summed E-state index contributed by atoms with van der Waals surface area (Å²) in [7, 11) is 0. The van der Waals surface area contributed by atoms with Crippen molar-refractivity contribution in [3.63, 3.8) is 0 Å². The van der Waals surface area contributed by atoms with Gasteiger partial charge in [-0.1, -0.05) is 60.7 Å². The molecule has 0 spiro atoms. The molecular formula is C20H20ClNO6. The fraction of sp³-hybridized carbons (Fsp3) is 0.250. The van der Waals surface area contributed by atoms with Crippen molar-refractivity contribution >= 4 is 29.6 Å². The summed E-state index contributed by atoms with van der Waals surface area (Å²) in [4.78, 5) is 35.6. The molecule has 0 heterocycles. The van der Waals surface area contributed by atoms with Gasteiger partial charge in [0.15, 0.2) is 6.04 Å². The van der Waals surface area contributed by atoms with E-state index in [0.717, 1.165) is 11.1 Å². The lowest BCUT2D eigenvalue weighted by molar-refractivity contribution is -0.152. The third kappa shape index (κ3) is 7.67. The molecule has 2 aromatic carbocycles. The van der Waals surface area contributed by atoms with Gasteiger partial charge in [-0.15, -0.1) is 11.6 Å². The van der Waals surface area contributed by atoms with Crippen molar-refractivity contribution in [3.05, 3.63) is 71.8 Å². The molecule has 0 aromatic heterocycles. The molecule has 7 nitrogen and oxygen atoms in total. The Bertz CT molecular complexity index is 769. The Balaban J connectivity index is 1.90.